The smallest absolute Gasteiger partial charge is 0.127 e. The number of phenols is 1. The van der Waals surface area contributed by atoms with Crippen LogP contribution in [0.1, 0.15) is 32.3 Å². The lowest BCUT2D eigenvalue weighted by atomic mass is 10.0. The summed E-state index contributed by atoms with van der Waals surface area (Å²) < 4.78 is 11.2. The van der Waals surface area contributed by atoms with Gasteiger partial charge in [-0.15, -0.1) is 0 Å². The number of hydrogen-bond donors (Lipinski definition) is 1. The summed E-state index contributed by atoms with van der Waals surface area (Å²) in [4.78, 5) is 0. The molecule has 0 saturated heterocycles. The van der Waals surface area contributed by atoms with Crippen molar-refractivity contribution < 1.29 is 14.6 Å². The standard InChI is InChI=1S/C17H20O3/c1-4-19-13-5-7-14(8-6-13)20-15-9-10-17(18)16(11-15)12(2)3/h5-12,18H,4H2,1-3H3. The first-order valence-electron chi connectivity index (χ1n) is 6.83. The Morgan fingerprint density at radius 3 is 2.15 bits per heavy atom. The summed E-state index contributed by atoms with van der Waals surface area (Å²) in [6.45, 7) is 6.68. The van der Waals surface area contributed by atoms with Gasteiger partial charge in [0.25, 0.3) is 0 Å². The van der Waals surface area contributed by atoms with Crippen molar-refractivity contribution in [1.29, 1.82) is 0 Å². The van der Waals surface area contributed by atoms with Crippen LogP contribution >= 0.6 is 0 Å². The summed E-state index contributed by atoms with van der Waals surface area (Å²) >= 11 is 0. The average Bonchev–Trinajstić information content (AvgIpc) is 2.43. The molecule has 0 atom stereocenters. The monoisotopic (exact) mass is 272 g/mol. The quantitative estimate of drug-likeness (QED) is 0.857. The second-order valence-corrected chi connectivity index (χ2v) is 4.88. The summed E-state index contributed by atoms with van der Waals surface area (Å²) in [6.07, 6.45) is 0. The van der Waals surface area contributed by atoms with Crippen LogP contribution in [0, 0.1) is 0 Å². The van der Waals surface area contributed by atoms with Gasteiger partial charge in [-0.2, -0.15) is 0 Å². The maximum Gasteiger partial charge on any atom is 0.127 e. The third-order valence-corrected chi connectivity index (χ3v) is 2.99. The largest absolute Gasteiger partial charge is 0.508 e. The van der Waals surface area contributed by atoms with Crippen LogP contribution in [0.4, 0.5) is 0 Å². The van der Waals surface area contributed by atoms with Crippen molar-refractivity contribution in [2.45, 2.75) is 26.7 Å². The van der Waals surface area contributed by atoms with Gasteiger partial charge < -0.3 is 14.6 Å². The SMILES string of the molecule is CCOc1ccc(Oc2ccc(O)c(C(C)C)c2)cc1. The molecule has 0 fully saturated rings. The fourth-order valence-corrected chi connectivity index (χ4v) is 1.97. The van der Waals surface area contributed by atoms with Crippen molar-refractivity contribution in [2.24, 2.45) is 0 Å². The molecular formula is C17H20O3. The predicted octanol–water partition coefficient (Wildman–Crippen LogP) is 4.71. The van der Waals surface area contributed by atoms with E-state index in [1.54, 1.807) is 12.1 Å². The van der Waals surface area contributed by atoms with Gasteiger partial charge in [0.1, 0.15) is 23.0 Å². The highest BCUT2D eigenvalue weighted by molar-refractivity contribution is 5.43. The zero-order chi connectivity index (χ0) is 14.5. The number of aromatic hydroxyl groups is 1. The molecule has 0 unspecified atom stereocenters. The zero-order valence-electron chi connectivity index (χ0n) is 12.1. The number of rotatable bonds is 5. The molecule has 1 N–H and O–H groups in total. The number of ether oxygens (including phenoxy) is 2. The highest BCUT2D eigenvalue weighted by atomic mass is 16.5. The van der Waals surface area contributed by atoms with Gasteiger partial charge in [0.2, 0.25) is 0 Å². The minimum atomic E-state index is 0.249. The molecule has 3 nitrogen and oxygen atoms in total. The van der Waals surface area contributed by atoms with Crippen molar-refractivity contribution in [3.8, 4) is 23.0 Å². The highest BCUT2D eigenvalue weighted by Gasteiger charge is 2.08. The van der Waals surface area contributed by atoms with Crippen LogP contribution in [-0.4, -0.2) is 11.7 Å². The molecule has 0 saturated carbocycles. The van der Waals surface area contributed by atoms with Gasteiger partial charge in [-0.05, 0) is 55.3 Å². The zero-order valence-corrected chi connectivity index (χ0v) is 12.1. The first-order chi connectivity index (χ1) is 9.60. The van der Waals surface area contributed by atoms with Gasteiger partial charge in [0.15, 0.2) is 0 Å². The van der Waals surface area contributed by atoms with E-state index in [1.807, 2.05) is 51.1 Å². The number of phenolic OH excluding ortho intramolecular Hbond substituents is 1. The molecule has 106 valence electrons. The predicted molar refractivity (Wildman–Crippen MR) is 79.9 cm³/mol. The van der Waals surface area contributed by atoms with Crippen LogP contribution in [0.5, 0.6) is 23.0 Å². The van der Waals surface area contributed by atoms with Crippen LogP contribution in [-0.2, 0) is 0 Å². The van der Waals surface area contributed by atoms with Gasteiger partial charge in [0.05, 0.1) is 6.61 Å². The minimum absolute atomic E-state index is 0.249. The summed E-state index contributed by atoms with van der Waals surface area (Å²) in [5, 5.41) is 9.79. The minimum Gasteiger partial charge on any atom is -0.508 e. The molecule has 2 aromatic rings. The Morgan fingerprint density at radius 1 is 0.950 bits per heavy atom. The lowest BCUT2D eigenvalue weighted by Crippen LogP contribution is -1.92. The lowest BCUT2D eigenvalue weighted by molar-refractivity contribution is 0.339. The summed E-state index contributed by atoms with van der Waals surface area (Å²) in [7, 11) is 0. The number of benzene rings is 2. The number of hydrogen-bond acceptors (Lipinski definition) is 3. The van der Waals surface area contributed by atoms with E-state index in [9.17, 15) is 5.11 Å². The maximum absolute atomic E-state index is 9.79. The molecular weight excluding hydrogens is 252 g/mol. The van der Waals surface area contributed by atoms with Crippen LogP contribution in [0.15, 0.2) is 42.5 Å². The molecule has 0 bridgehead atoms. The summed E-state index contributed by atoms with van der Waals surface area (Å²) in [6, 6.07) is 12.8. The van der Waals surface area contributed by atoms with E-state index in [1.165, 1.54) is 0 Å². The van der Waals surface area contributed by atoms with Crippen molar-refractivity contribution in [1.82, 2.24) is 0 Å². The molecule has 0 aliphatic heterocycles. The van der Waals surface area contributed by atoms with Crippen molar-refractivity contribution >= 4 is 0 Å². The molecule has 0 radical (unpaired) electrons. The highest BCUT2D eigenvalue weighted by Crippen LogP contribution is 2.31. The van der Waals surface area contributed by atoms with Gasteiger partial charge in [-0.25, -0.2) is 0 Å². The fraction of sp³-hybridized carbons (Fsp3) is 0.294. The van der Waals surface area contributed by atoms with Crippen LogP contribution in [0.3, 0.4) is 0 Å². The Labute approximate surface area is 119 Å². The Bertz CT molecular complexity index is 559. The van der Waals surface area contributed by atoms with Crippen molar-refractivity contribution in [3.05, 3.63) is 48.0 Å². The van der Waals surface area contributed by atoms with E-state index in [0.29, 0.717) is 12.4 Å². The molecule has 0 aliphatic carbocycles. The first-order valence-corrected chi connectivity index (χ1v) is 6.83. The molecule has 0 amide bonds. The lowest BCUT2D eigenvalue weighted by Gasteiger charge is -2.12. The van der Waals surface area contributed by atoms with E-state index < -0.39 is 0 Å². The van der Waals surface area contributed by atoms with Crippen LogP contribution in [0.2, 0.25) is 0 Å². The Hall–Kier alpha value is -2.16. The van der Waals surface area contributed by atoms with Crippen LogP contribution in [0.25, 0.3) is 0 Å². The average molecular weight is 272 g/mol. The molecule has 2 rings (SSSR count). The van der Waals surface area contributed by atoms with Gasteiger partial charge in [-0.1, -0.05) is 13.8 Å². The van der Waals surface area contributed by atoms with Gasteiger partial charge >= 0.3 is 0 Å². The van der Waals surface area contributed by atoms with E-state index in [-0.39, 0.29) is 5.92 Å². The Morgan fingerprint density at radius 2 is 1.55 bits per heavy atom. The van der Waals surface area contributed by atoms with E-state index >= 15 is 0 Å². The third kappa shape index (κ3) is 3.44. The molecule has 20 heavy (non-hydrogen) atoms. The van der Waals surface area contributed by atoms with E-state index in [2.05, 4.69) is 0 Å². The van der Waals surface area contributed by atoms with Gasteiger partial charge in [-0.3, -0.25) is 0 Å². The molecule has 2 aromatic carbocycles. The summed E-state index contributed by atoms with van der Waals surface area (Å²) in [5.74, 6) is 2.84. The Kier molecular flexibility index (Phi) is 4.51. The van der Waals surface area contributed by atoms with Gasteiger partial charge in [0, 0.05) is 5.56 Å². The molecule has 0 heterocycles. The maximum atomic E-state index is 9.79. The second kappa shape index (κ2) is 6.33. The third-order valence-electron chi connectivity index (χ3n) is 2.99. The van der Waals surface area contributed by atoms with Crippen molar-refractivity contribution in [2.75, 3.05) is 6.61 Å². The molecule has 3 heteroatoms. The molecule has 0 spiro atoms. The first kappa shape index (κ1) is 14.3. The Balaban J connectivity index is 2.15. The second-order valence-electron chi connectivity index (χ2n) is 4.88. The molecule has 0 aromatic heterocycles. The van der Waals surface area contributed by atoms with Crippen molar-refractivity contribution in [3.63, 3.8) is 0 Å². The van der Waals surface area contributed by atoms with E-state index in [0.717, 1.165) is 22.8 Å². The summed E-state index contributed by atoms with van der Waals surface area (Å²) in [5.41, 5.74) is 0.883. The normalized spacial score (nSPS) is 10.6. The molecule has 0 aliphatic rings. The van der Waals surface area contributed by atoms with Crippen LogP contribution < -0.4 is 9.47 Å². The topological polar surface area (TPSA) is 38.7 Å². The van der Waals surface area contributed by atoms with E-state index in [4.69, 9.17) is 9.47 Å². The fourth-order valence-electron chi connectivity index (χ4n) is 1.97.